The summed E-state index contributed by atoms with van der Waals surface area (Å²) in [7, 11) is -1.81. The second-order valence-corrected chi connectivity index (χ2v) is 15.1. The lowest BCUT2D eigenvalue weighted by Crippen LogP contribution is -2.41. The lowest BCUT2D eigenvalue weighted by Gasteiger charge is -2.36. The van der Waals surface area contributed by atoms with Crippen molar-refractivity contribution in [3.8, 4) is 17.0 Å². The second-order valence-electron chi connectivity index (χ2n) is 10.3. The molecule has 4 rings (SSSR count). The number of hydrogen-bond acceptors (Lipinski definition) is 4. The lowest BCUT2D eigenvalue weighted by atomic mass is 9.97. The molecule has 0 saturated carbocycles. The summed E-state index contributed by atoms with van der Waals surface area (Å²) >= 11 is 0. The molecule has 0 saturated heterocycles. The van der Waals surface area contributed by atoms with Crippen LogP contribution in [0.1, 0.15) is 48.7 Å². The molecule has 3 aromatic rings. The highest BCUT2D eigenvalue weighted by molar-refractivity contribution is 6.74. The van der Waals surface area contributed by atoms with Crippen LogP contribution in [-0.2, 0) is 23.8 Å². The second kappa shape index (κ2) is 8.18. The van der Waals surface area contributed by atoms with E-state index in [1.54, 1.807) is 0 Å². The maximum Gasteiger partial charge on any atom is 0.345 e. The zero-order valence-corrected chi connectivity index (χ0v) is 20.9. The Morgan fingerprint density at radius 3 is 2.55 bits per heavy atom. The van der Waals surface area contributed by atoms with E-state index in [0.717, 1.165) is 41.4 Å². The molecule has 2 heterocycles. The SMILES string of the molecule is CC(C)(C)[Si](C)(C)OCCn1ccc2c3c(ccc21)-c1[nH]c(=O)c(C(=O)O)c(O)c1CCC3. The summed E-state index contributed by atoms with van der Waals surface area (Å²) < 4.78 is 8.55. The highest BCUT2D eigenvalue weighted by Gasteiger charge is 2.37. The van der Waals surface area contributed by atoms with Gasteiger partial charge >= 0.3 is 5.97 Å². The van der Waals surface area contributed by atoms with Crippen LogP contribution in [0.4, 0.5) is 0 Å². The molecule has 7 nitrogen and oxygen atoms in total. The van der Waals surface area contributed by atoms with Crippen LogP contribution >= 0.6 is 0 Å². The zero-order valence-electron chi connectivity index (χ0n) is 19.9. The van der Waals surface area contributed by atoms with E-state index < -0.39 is 31.2 Å². The fraction of sp³-hybridized carbons (Fsp3) is 0.440. The molecule has 0 fully saturated rings. The van der Waals surface area contributed by atoms with E-state index in [1.165, 1.54) is 0 Å². The third kappa shape index (κ3) is 4.02. The van der Waals surface area contributed by atoms with E-state index in [2.05, 4.69) is 55.7 Å². The number of rotatable bonds is 5. The van der Waals surface area contributed by atoms with Gasteiger partial charge in [0.15, 0.2) is 13.9 Å². The minimum Gasteiger partial charge on any atom is -0.506 e. The number of H-pyrrole nitrogens is 1. The Morgan fingerprint density at radius 2 is 1.88 bits per heavy atom. The predicted molar refractivity (Wildman–Crippen MR) is 132 cm³/mol. The largest absolute Gasteiger partial charge is 0.506 e. The molecule has 0 aliphatic heterocycles. The zero-order chi connectivity index (χ0) is 24.1. The number of carbonyl (C=O) groups is 1. The number of fused-ring (bicyclic) bond motifs is 5. The van der Waals surface area contributed by atoms with Gasteiger partial charge in [-0.1, -0.05) is 26.8 Å². The Morgan fingerprint density at radius 1 is 1.18 bits per heavy atom. The highest BCUT2D eigenvalue weighted by Crippen LogP contribution is 2.39. The van der Waals surface area contributed by atoms with E-state index >= 15 is 0 Å². The molecule has 8 heteroatoms. The number of hydrogen-bond donors (Lipinski definition) is 3. The number of aromatic amines is 1. The molecule has 0 amide bonds. The molecule has 176 valence electrons. The molecule has 0 bridgehead atoms. The Balaban J connectivity index is 1.71. The predicted octanol–water partition coefficient (Wildman–Crippen LogP) is 4.91. The van der Waals surface area contributed by atoms with Gasteiger partial charge < -0.3 is 24.2 Å². The average molecular weight is 469 g/mol. The molecule has 1 aliphatic rings. The van der Waals surface area contributed by atoms with Gasteiger partial charge in [-0.2, -0.15) is 0 Å². The van der Waals surface area contributed by atoms with Crippen molar-refractivity contribution in [2.75, 3.05) is 6.61 Å². The number of aromatic carboxylic acids is 1. The molecule has 1 aliphatic carbocycles. The van der Waals surface area contributed by atoms with Gasteiger partial charge in [0.05, 0.1) is 12.3 Å². The number of nitrogens with zero attached hydrogens (tertiary/aromatic N) is 1. The number of aromatic nitrogens is 2. The molecule has 33 heavy (non-hydrogen) atoms. The van der Waals surface area contributed by atoms with E-state index in [0.29, 0.717) is 24.3 Å². The number of aromatic hydroxyl groups is 1. The molecule has 1 aromatic carbocycles. The third-order valence-corrected chi connectivity index (χ3v) is 11.8. The van der Waals surface area contributed by atoms with Crippen molar-refractivity contribution in [3.05, 3.63) is 51.4 Å². The van der Waals surface area contributed by atoms with Crippen molar-refractivity contribution in [3.63, 3.8) is 0 Å². The smallest absolute Gasteiger partial charge is 0.345 e. The third-order valence-electron chi connectivity index (χ3n) is 7.29. The monoisotopic (exact) mass is 468 g/mol. The first-order valence-electron chi connectivity index (χ1n) is 11.4. The van der Waals surface area contributed by atoms with Gasteiger partial charge in [-0.25, -0.2) is 4.79 Å². The van der Waals surface area contributed by atoms with E-state index in [1.807, 2.05) is 12.1 Å². The Hall–Kier alpha value is -2.84. The minimum absolute atomic E-state index is 0.166. The number of carboxylic acid groups (broad SMARTS) is 1. The van der Waals surface area contributed by atoms with Gasteiger partial charge in [0.1, 0.15) is 5.75 Å². The first kappa shape index (κ1) is 23.3. The van der Waals surface area contributed by atoms with Gasteiger partial charge in [0.25, 0.3) is 5.56 Å². The molecule has 0 atom stereocenters. The Bertz CT molecular complexity index is 1300. The molecule has 3 N–H and O–H groups in total. The van der Waals surface area contributed by atoms with Crippen LogP contribution in [0, 0.1) is 0 Å². The standard InChI is InChI=1S/C25H32N2O5Si/c1-25(2,3)33(4,5)32-14-13-27-12-11-16-15-7-6-8-18-21(17(15)9-10-19(16)27)26-23(29)20(22(18)28)24(30)31/h9-12H,6-8,13-14H2,1-5H3,(H,30,31)(H2,26,28,29). The maximum atomic E-state index is 12.4. The van der Waals surface area contributed by atoms with E-state index in [4.69, 9.17) is 4.43 Å². The van der Waals surface area contributed by atoms with Gasteiger partial charge in [-0.3, -0.25) is 4.79 Å². The van der Waals surface area contributed by atoms with Gasteiger partial charge in [0, 0.05) is 34.8 Å². The van der Waals surface area contributed by atoms with Crippen molar-refractivity contribution < 1.29 is 19.4 Å². The molecular formula is C25H32N2O5Si. The topological polar surface area (TPSA) is 105 Å². The minimum atomic E-state index is -1.81. The first-order chi connectivity index (χ1) is 15.4. The van der Waals surface area contributed by atoms with Crippen molar-refractivity contribution in [2.24, 2.45) is 0 Å². The summed E-state index contributed by atoms with van der Waals surface area (Å²) in [5.74, 6) is -1.84. The van der Waals surface area contributed by atoms with Crippen molar-refractivity contribution in [2.45, 2.75) is 64.7 Å². The number of aryl methyl sites for hydroxylation is 1. The maximum absolute atomic E-state index is 12.4. The van der Waals surface area contributed by atoms with E-state index in [9.17, 15) is 19.8 Å². The van der Waals surface area contributed by atoms with Crippen molar-refractivity contribution in [1.82, 2.24) is 9.55 Å². The Kier molecular flexibility index (Phi) is 5.78. The summed E-state index contributed by atoms with van der Waals surface area (Å²) in [6.45, 7) is 12.6. The summed E-state index contributed by atoms with van der Waals surface area (Å²) in [5, 5.41) is 21.2. The molecule has 0 spiro atoms. The number of pyridine rings is 1. The average Bonchev–Trinajstić information content (AvgIpc) is 3.02. The van der Waals surface area contributed by atoms with Crippen LogP contribution in [-0.4, -0.2) is 40.7 Å². The normalized spacial score (nSPS) is 14.1. The first-order valence-corrected chi connectivity index (χ1v) is 14.3. The summed E-state index contributed by atoms with van der Waals surface area (Å²) in [5.41, 5.74) is 2.68. The molecule has 2 aromatic heterocycles. The van der Waals surface area contributed by atoms with Crippen LogP contribution in [0.15, 0.2) is 29.2 Å². The van der Waals surface area contributed by atoms with Gasteiger partial charge in [-0.05, 0) is 55.1 Å². The van der Waals surface area contributed by atoms with Gasteiger partial charge in [-0.15, -0.1) is 0 Å². The van der Waals surface area contributed by atoms with Crippen LogP contribution in [0.25, 0.3) is 22.2 Å². The van der Waals surface area contributed by atoms with Crippen LogP contribution in [0.5, 0.6) is 5.75 Å². The Labute approximate surface area is 194 Å². The summed E-state index contributed by atoms with van der Waals surface area (Å²) in [4.78, 5) is 26.6. The van der Waals surface area contributed by atoms with Crippen LogP contribution < -0.4 is 5.56 Å². The number of carboxylic acids is 1. The van der Waals surface area contributed by atoms with Crippen LogP contribution in [0.3, 0.4) is 0 Å². The summed E-state index contributed by atoms with van der Waals surface area (Å²) in [6, 6.07) is 6.08. The molecular weight excluding hydrogens is 436 g/mol. The summed E-state index contributed by atoms with van der Waals surface area (Å²) in [6.07, 6.45) is 4.09. The fourth-order valence-corrected chi connectivity index (χ4v) is 5.42. The lowest BCUT2D eigenvalue weighted by molar-refractivity contribution is 0.0691. The quantitative estimate of drug-likeness (QED) is 0.462. The van der Waals surface area contributed by atoms with Crippen LogP contribution in [0.2, 0.25) is 18.1 Å². The van der Waals surface area contributed by atoms with Crippen molar-refractivity contribution in [1.29, 1.82) is 0 Å². The number of benzene rings is 1. The van der Waals surface area contributed by atoms with E-state index in [-0.39, 0.29) is 5.04 Å². The molecule has 0 unspecified atom stereocenters. The highest BCUT2D eigenvalue weighted by atomic mass is 28.4. The number of nitrogens with one attached hydrogen (secondary N) is 1. The van der Waals surface area contributed by atoms with Gasteiger partial charge in [0.2, 0.25) is 0 Å². The molecule has 0 radical (unpaired) electrons. The van der Waals surface area contributed by atoms with Crippen molar-refractivity contribution >= 4 is 25.2 Å². The fourth-order valence-electron chi connectivity index (χ4n) is 4.39.